The number of aromatic nitrogens is 2. The molecule has 2 aromatic heterocycles. The SMILES string of the molecule is COc1ccc(COC(=O)c2ccccc2C(=O)c2c[nH]c3ccccc23)cc1C(=O)c1c[nH]c2ccccc12. The third-order valence-electron chi connectivity index (χ3n) is 6.94. The monoisotopic (exact) mass is 528 g/mol. The Bertz CT molecular complexity index is 1910. The molecule has 0 amide bonds. The quantitative estimate of drug-likeness (QED) is 0.174. The smallest absolute Gasteiger partial charge is 0.339 e. The maximum Gasteiger partial charge on any atom is 0.339 e. The third-order valence-corrected chi connectivity index (χ3v) is 6.94. The Morgan fingerprint density at radius 1 is 0.625 bits per heavy atom. The van der Waals surface area contributed by atoms with Crippen molar-refractivity contribution in [1.29, 1.82) is 0 Å². The van der Waals surface area contributed by atoms with E-state index >= 15 is 0 Å². The minimum Gasteiger partial charge on any atom is -0.496 e. The van der Waals surface area contributed by atoms with Crippen molar-refractivity contribution in [2.45, 2.75) is 6.61 Å². The van der Waals surface area contributed by atoms with Gasteiger partial charge in [0.05, 0.1) is 18.2 Å². The molecule has 2 heterocycles. The van der Waals surface area contributed by atoms with Gasteiger partial charge in [0.2, 0.25) is 0 Å². The molecular formula is C33H24N2O5. The Hall–Kier alpha value is -5.43. The summed E-state index contributed by atoms with van der Waals surface area (Å²) < 4.78 is 11.1. The summed E-state index contributed by atoms with van der Waals surface area (Å²) in [5.74, 6) is -0.706. The van der Waals surface area contributed by atoms with E-state index < -0.39 is 5.97 Å². The number of methoxy groups -OCH3 is 1. The average molecular weight is 529 g/mol. The Morgan fingerprint density at radius 3 is 1.80 bits per heavy atom. The van der Waals surface area contributed by atoms with Crippen LogP contribution in [-0.2, 0) is 11.3 Å². The van der Waals surface area contributed by atoms with Gasteiger partial charge in [0.25, 0.3) is 0 Å². The number of ketones is 2. The topological polar surface area (TPSA) is 101 Å². The number of hydrogen-bond acceptors (Lipinski definition) is 5. The van der Waals surface area contributed by atoms with Gasteiger partial charge >= 0.3 is 5.97 Å². The number of para-hydroxylation sites is 2. The van der Waals surface area contributed by atoms with E-state index in [1.807, 2.05) is 48.5 Å². The number of ether oxygens (including phenoxy) is 2. The van der Waals surface area contributed by atoms with Gasteiger partial charge in [-0.1, -0.05) is 60.7 Å². The van der Waals surface area contributed by atoms with Crippen LogP contribution in [0, 0.1) is 0 Å². The standard InChI is InChI=1S/C33H24N2O5/c1-39-30-15-14-20(16-25(30)32(37)27-18-35-29-13-7-5-9-22(27)29)19-40-33(38)24-11-3-2-10-23(24)31(36)26-17-34-28-12-6-4-8-21(26)28/h2-18,34-35H,19H2,1H3. The minimum atomic E-state index is -0.635. The highest BCUT2D eigenvalue weighted by Crippen LogP contribution is 2.28. The normalized spacial score (nSPS) is 11.0. The maximum atomic E-state index is 13.5. The number of hydrogen-bond donors (Lipinski definition) is 2. The summed E-state index contributed by atoms with van der Waals surface area (Å²) in [5, 5.41) is 1.59. The lowest BCUT2D eigenvalue weighted by Crippen LogP contribution is -2.13. The van der Waals surface area contributed by atoms with Gasteiger partial charge in [-0.3, -0.25) is 9.59 Å². The van der Waals surface area contributed by atoms with Crippen LogP contribution in [-0.4, -0.2) is 34.6 Å². The number of carbonyl (C=O) groups is 3. The van der Waals surface area contributed by atoms with Crippen molar-refractivity contribution in [1.82, 2.24) is 9.97 Å². The van der Waals surface area contributed by atoms with Crippen LogP contribution in [0.25, 0.3) is 21.8 Å². The van der Waals surface area contributed by atoms with E-state index in [0.717, 1.165) is 21.8 Å². The Labute approximate surface area is 229 Å². The largest absolute Gasteiger partial charge is 0.496 e. The zero-order valence-corrected chi connectivity index (χ0v) is 21.6. The molecule has 0 saturated carbocycles. The van der Waals surface area contributed by atoms with Crippen LogP contribution in [0.4, 0.5) is 0 Å². The fourth-order valence-electron chi connectivity index (χ4n) is 4.92. The average Bonchev–Trinajstić information content (AvgIpc) is 3.64. The number of carbonyl (C=O) groups excluding carboxylic acids is 3. The van der Waals surface area contributed by atoms with Gasteiger partial charge in [0.1, 0.15) is 12.4 Å². The number of aromatic amines is 2. The van der Waals surface area contributed by atoms with Crippen LogP contribution < -0.4 is 4.74 Å². The highest BCUT2D eigenvalue weighted by Gasteiger charge is 2.22. The number of esters is 1. The molecule has 2 N–H and O–H groups in total. The van der Waals surface area contributed by atoms with Gasteiger partial charge in [-0.15, -0.1) is 0 Å². The predicted octanol–water partition coefficient (Wildman–Crippen LogP) is 6.48. The van der Waals surface area contributed by atoms with Crippen molar-refractivity contribution in [3.05, 3.63) is 137 Å². The molecule has 0 aliphatic rings. The molecule has 0 spiro atoms. The predicted molar refractivity (Wildman–Crippen MR) is 152 cm³/mol. The first-order valence-electron chi connectivity index (χ1n) is 12.7. The number of benzene rings is 4. The fraction of sp³-hybridized carbons (Fsp3) is 0.0606. The van der Waals surface area contributed by atoms with E-state index in [2.05, 4.69) is 9.97 Å². The lowest BCUT2D eigenvalue weighted by atomic mass is 9.98. The first-order valence-corrected chi connectivity index (χ1v) is 12.7. The summed E-state index contributed by atoms with van der Waals surface area (Å²) >= 11 is 0. The van der Waals surface area contributed by atoms with Crippen LogP contribution in [0.1, 0.15) is 47.8 Å². The molecule has 7 heteroatoms. The van der Waals surface area contributed by atoms with Gasteiger partial charge < -0.3 is 19.4 Å². The second-order valence-corrected chi connectivity index (χ2v) is 9.31. The summed E-state index contributed by atoms with van der Waals surface area (Å²) in [7, 11) is 1.50. The van der Waals surface area contributed by atoms with Gasteiger partial charge in [-0.25, -0.2) is 4.79 Å². The highest BCUT2D eigenvalue weighted by atomic mass is 16.5. The fourth-order valence-corrected chi connectivity index (χ4v) is 4.92. The highest BCUT2D eigenvalue weighted by molar-refractivity contribution is 6.20. The zero-order chi connectivity index (χ0) is 27.6. The van der Waals surface area contributed by atoms with Crippen LogP contribution in [0.5, 0.6) is 5.75 Å². The molecule has 6 aromatic rings. The molecule has 0 fully saturated rings. The van der Waals surface area contributed by atoms with Crippen molar-refractivity contribution in [3.8, 4) is 5.75 Å². The molecule has 0 saturated heterocycles. The number of H-pyrrole nitrogens is 2. The first-order chi connectivity index (χ1) is 19.5. The molecule has 7 nitrogen and oxygen atoms in total. The Kier molecular flexibility index (Phi) is 6.46. The lowest BCUT2D eigenvalue weighted by molar-refractivity contribution is 0.0470. The molecule has 0 aliphatic carbocycles. The molecule has 0 atom stereocenters. The van der Waals surface area contributed by atoms with E-state index in [1.54, 1.807) is 54.9 Å². The van der Waals surface area contributed by atoms with Crippen molar-refractivity contribution in [3.63, 3.8) is 0 Å². The number of nitrogens with one attached hydrogen (secondary N) is 2. The molecule has 0 bridgehead atoms. The number of rotatable bonds is 8. The van der Waals surface area contributed by atoms with Gasteiger partial charge in [-0.05, 0) is 35.9 Å². The Morgan fingerprint density at radius 2 is 1.18 bits per heavy atom. The molecule has 196 valence electrons. The van der Waals surface area contributed by atoms with E-state index in [0.29, 0.717) is 28.0 Å². The maximum absolute atomic E-state index is 13.5. The van der Waals surface area contributed by atoms with Crippen LogP contribution in [0.2, 0.25) is 0 Å². The molecule has 40 heavy (non-hydrogen) atoms. The van der Waals surface area contributed by atoms with E-state index in [-0.39, 0.29) is 29.3 Å². The van der Waals surface area contributed by atoms with E-state index in [1.165, 1.54) is 7.11 Å². The number of fused-ring (bicyclic) bond motifs is 2. The van der Waals surface area contributed by atoms with Gasteiger partial charge in [-0.2, -0.15) is 0 Å². The lowest BCUT2D eigenvalue weighted by Gasteiger charge is -2.12. The van der Waals surface area contributed by atoms with Crippen molar-refractivity contribution in [2.24, 2.45) is 0 Å². The summed E-state index contributed by atoms with van der Waals surface area (Å²) in [5.41, 5.74) is 4.08. The Balaban J connectivity index is 1.25. The summed E-state index contributed by atoms with van der Waals surface area (Å²) in [6, 6.07) is 26.7. The second kappa shape index (κ2) is 10.4. The molecule has 0 unspecified atom stereocenters. The summed E-state index contributed by atoms with van der Waals surface area (Å²) in [6.07, 6.45) is 3.33. The molecule has 0 radical (unpaired) electrons. The van der Waals surface area contributed by atoms with Crippen LogP contribution >= 0.6 is 0 Å². The van der Waals surface area contributed by atoms with Crippen molar-refractivity contribution in [2.75, 3.05) is 7.11 Å². The molecule has 6 rings (SSSR count). The van der Waals surface area contributed by atoms with Gasteiger partial charge in [0.15, 0.2) is 11.6 Å². The third kappa shape index (κ3) is 4.43. The van der Waals surface area contributed by atoms with Crippen molar-refractivity contribution < 1.29 is 23.9 Å². The van der Waals surface area contributed by atoms with E-state index in [4.69, 9.17) is 9.47 Å². The minimum absolute atomic E-state index is 0.0907. The molecule has 4 aromatic carbocycles. The van der Waals surface area contributed by atoms with E-state index in [9.17, 15) is 14.4 Å². The van der Waals surface area contributed by atoms with Crippen molar-refractivity contribution >= 4 is 39.3 Å². The second-order valence-electron chi connectivity index (χ2n) is 9.31. The zero-order valence-electron chi connectivity index (χ0n) is 21.6. The van der Waals surface area contributed by atoms with Crippen LogP contribution in [0.3, 0.4) is 0 Å². The summed E-state index contributed by atoms with van der Waals surface area (Å²) in [6.45, 7) is -0.0907. The molecule has 0 aliphatic heterocycles. The first kappa shape index (κ1) is 24.9. The van der Waals surface area contributed by atoms with Gasteiger partial charge in [0, 0.05) is 50.9 Å². The molecular weight excluding hydrogens is 504 g/mol. The van der Waals surface area contributed by atoms with Crippen LogP contribution in [0.15, 0.2) is 103 Å². The summed E-state index contributed by atoms with van der Waals surface area (Å²) in [4.78, 5) is 46.3.